The number of aryl methyl sites for hydroxylation is 2. The number of H-pyrrole nitrogens is 1. The molecule has 0 spiro atoms. The third-order valence-electron chi connectivity index (χ3n) is 7.57. The van der Waals surface area contributed by atoms with Crippen molar-refractivity contribution in [3.05, 3.63) is 99.5 Å². The molecule has 1 saturated heterocycles. The van der Waals surface area contributed by atoms with Gasteiger partial charge in [0.2, 0.25) is 0 Å². The molecule has 1 unspecified atom stereocenters. The number of nitrogens with zero attached hydrogens (tertiary/aromatic N) is 6. The van der Waals surface area contributed by atoms with Crippen molar-refractivity contribution in [2.75, 3.05) is 38.2 Å². The number of rotatable bonds is 7. The Morgan fingerprint density at radius 1 is 1.03 bits per heavy atom. The molecule has 1 fully saturated rings. The molecule has 10 nitrogen and oxygen atoms in total. The van der Waals surface area contributed by atoms with Gasteiger partial charge in [0.1, 0.15) is 24.1 Å². The van der Waals surface area contributed by atoms with Gasteiger partial charge in [-0.05, 0) is 83.3 Å². The second-order valence-electron chi connectivity index (χ2n) is 9.98. The fraction of sp³-hybridized carbons (Fsp3) is 0.310. The molecule has 1 N–H and O–H groups in total. The van der Waals surface area contributed by atoms with E-state index in [2.05, 4.69) is 55.4 Å². The first-order valence-corrected chi connectivity index (χ1v) is 13.1. The van der Waals surface area contributed by atoms with E-state index in [1.165, 1.54) is 5.56 Å². The number of piperazine rings is 1. The van der Waals surface area contributed by atoms with Crippen molar-refractivity contribution in [1.29, 1.82) is 0 Å². The third kappa shape index (κ3) is 4.90. The van der Waals surface area contributed by atoms with Crippen molar-refractivity contribution >= 4 is 16.6 Å². The Bertz CT molecular complexity index is 1650. The number of methoxy groups -OCH3 is 1. The van der Waals surface area contributed by atoms with Crippen LogP contribution in [0.5, 0.6) is 5.75 Å². The highest BCUT2D eigenvalue weighted by molar-refractivity contribution is 5.81. The number of fused-ring (bicyclic) bond motifs is 1. The smallest absolute Gasteiger partial charge is 0.253 e. The Morgan fingerprint density at radius 2 is 1.85 bits per heavy atom. The Kier molecular flexibility index (Phi) is 6.62. The Morgan fingerprint density at radius 3 is 2.62 bits per heavy atom. The Hall–Kier alpha value is -4.44. The summed E-state index contributed by atoms with van der Waals surface area (Å²) < 4.78 is 12.7. The first-order chi connectivity index (χ1) is 19.0. The van der Waals surface area contributed by atoms with Crippen LogP contribution in [0.1, 0.15) is 34.3 Å². The minimum atomic E-state index is -0.433. The maximum absolute atomic E-state index is 13.6. The lowest BCUT2D eigenvalue weighted by Gasteiger charge is -2.39. The fourth-order valence-electron chi connectivity index (χ4n) is 5.31. The molecule has 0 aliphatic carbocycles. The number of tetrazole rings is 1. The number of aromatic nitrogens is 5. The SMILES string of the molecule is COc1cccc(N2CCN(C(c3cc4cc(C)c(C)cc4[nH]c3=O)c3nnnn3Cc3ccco3)CC2)c1. The molecular formula is C29H31N7O3. The summed E-state index contributed by atoms with van der Waals surface area (Å²) >= 11 is 0. The van der Waals surface area contributed by atoms with Gasteiger partial charge in [-0.25, -0.2) is 4.68 Å². The number of hydrogen-bond donors (Lipinski definition) is 1. The van der Waals surface area contributed by atoms with E-state index < -0.39 is 6.04 Å². The lowest BCUT2D eigenvalue weighted by molar-refractivity contribution is 0.200. The molecule has 39 heavy (non-hydrogen) atoms. The summed E-state index contributed by atoms with van der Waals surface area (Å²) in [6.07, 6.45) is 1.63. The molecule has 1 aliphatic heterocycles. The molecule has 200 valence electrons. The summed E-state index contributed by atoms with van der Waals surface area (Å²) in [6, 6.07) is 17.5. The van der Waals surface area contributed by atoms with Crippen molar-refractivity contribution in [1.82, 2.24) is 30.1 Å². The van der Waals surface area contributed by atoms with Crippen LogP contribution in [0.2, 0.25) is 0 Å². The van der Waals surface area contributed by atoms with Crippen LogP contribution in [-0.4, -0.2) is 63.4 Å². The number of benzene rings is 2. The van der Waals surface area contributed by atoms with Crippen molar-refractivity contribution < 1.29 is 9.15 Å². The molecule has 2 aromatic carbocycles. The van der Waals surface area contributed by atoms with E-state index in [-0.39, 0.29) is 5.56 Å². The number of aromatic amines is 1. The summed E-state index contributed by atoms with van der Waals surface area (Å²) in [5.74, 6) is 2.18. The molecular weight excluding hydrogens is 494 g/mol. The summed E-state index contributed by atoms with van der Waals surface area (Å²) in [5.41, 5.74) is 4.73. The van der Waals surface area contributed by atoms with Crippen LogP contribution in [0.25, 0.3) is 10.9 Å². The first kappa shape index (κ1) is 24.9. The minimum Gasteiger partial charge on any atom is -0.497 e. The van der Waals surface area contributed by atoms with E-state index in [9.17, 15) is 4.79 Å². The van der Waals surface area contributed by atoms with Gasteiger partial charge >= 0.3 is 0 Å². The second-order valence-corrected chi connectivity index (χ2v) is 9.98. The van der Waals surface area contributed by atoms with Gasteiger partial charge < -0.3 is 19.0 Å². The van der Waals surface area contributed by atoms with Gasteiger partial charge in [-0.15, -0.1) is 5.10 Å². The molecule has 1 aliphatic rings. The van der Waals surface area contributed by atoms with E-state index >= 15 is 0 Å². The maximum atomic E-state index is 13.6. The summed E-state index contributed by atoms with van der Waals surface area (Å²) in [7, 11) is 1.68. The summed E-state index contributed by atoms with van der Waals surface area (Å²) in [6.45, 7) is 7.52. The third-order valence-corrected chi connectivity index (χ3v) is 7.57. The normalized spacial score (nSPS) is 15.1. The zero-order chi connectivity index (χ0) is 26.9. The molecule has 0 saturated carbocycles. The molecule has 3 aromatic heterocycles. The number of hydrogen-bond acceptors (Lipinski definition) is 8. The van der Waals surface area contributed by atoms with E-state index in [4.69, 9.17) is 9.15 Å². The van der Waals surface area contributed by atoms with Crippen LogP contribution < -0.4 is 15.2 Å². The molecule has 0 bridgehead atoms. The number of anilines is 1. The topological polar surface area (TPSA) is 105 Å². The molecule has 10 heteroatoms. The minimum absolute atomic E-state index is 0.140. The van der Waals surface area contributed by atoms with Crippen LogP contribution in [0, 0.1) is 13.8 Å². The van der Waals surface area contributed by atoms with Gasteiger partial charge in [-0.3, -0.25) is 9.69 Å². The lowest BCUT2D eigenvalue weighted by atomic mass is 10.00. The molecule has 5 aromatic rings. The van der Waals surface area contributed by atoms with Gasteiger partial charge in [-0.1, -0.05) is 6.07 Å². The second kappa shape index (κ2) is 10.4. The lowest BCUT2D eigenvalue weighted by Crippen LogP contribution is -2.49. The number of pyridine rings is 1. The van der Waals surface area contributed by atoms with Gasteiger partial charge in [0.15, 0.2) is 5.82 Å². The van der Waals surface area contributed by atoms with E-state index in [1.807, 2.05) is 43.3 Å². The van der Waals surface area contributed by atoms with Crippen LogP contribution in [0.3, 0.4) is 0 Å². The van der Waals surface area contributed by atoms with Crippen molar-refractivity contribution in [2.45, 2.75) is 26.4 Å². The highest BCUT2D eigenvalue weighted by atomic mass is 16.5. The molecule has 1 atom stereocenters. The zero-order valence-corrected chi connectivity index (χ0v) is 22.3. The van der Waals surface area contributed by atoms with Crippen molar-refractivity contribution in [3.63, 3.8) is 0 Å². The standard InChI is InChI=1S/C29H31N7O3/c1-19-14-21-16-25(29(37)30-26(21)15-20(19)2)27(28-31-32-33-36(28)18-24-8-5-13-39-24)35-11-9-34(10-12-35)22-6-4-7-23(17-22)38-3/h4-8,13-17,27H,9-12,18H2,1-3H3,(H,30,37). The molecule has 0 radical (unpaired) electrons. The monoisotopic (exact) mass is 525 g/mol. The van der Waals surface area contributed by atoms with E-state index in [0.717, 1.165) is 59.8 Å². The van der Waals surface area contributed by atoms with Gasteiger partial charge in [-0.2, -0.15) is 0 Å². The van der Waals surface area contributed by atoms with Crippen LogP contribution in [0.4, 0.5) is 5.69 Å². The maximum Gasteiger partial charge on any atom is 0.253 e. The van der Waals surface area contributed by atoms with E-state index in [0.29, 0.717) is 17.9 Å². The summed E-state index contributed by atoms with van der Waals surface area (Å²) in [4.78, 5) is 21.3. The van der Waals surface area contributed by atoms with E-state index in [1.54, 1.807) is 18.1 Å². The summed E-state index contributed by atoms with van der Waals surface area (Å²) in [5, 5.41) is 13.7. The van der Waals surface area contributed by atoms with Crippen LogP contribution in [-0.2, 0) is 6.54 Å². The number of nitrogens with one attached hydrogen (secondary N) is 1. The highest BCUT2D eigenvalue weighted by Gasteiger charge is 2.33. The first-order valence-electron chi connectivity index (χ1n) is 13.1. The molecule has 4 heterocycles. The Labute approximate surface area is 225 Å². The highest BCUT2D eigenvalue weighted by Crippen LogP contribution is 2.30. The quantitative estimate of drug-likeness (QED) is 0.343. The average Bonchev–Trinajstić information content (AvgIpc) is 3.64. The van der Waals surface area contributed by atoms with Gasteiger partial charge in [0.05, 0.1) is 13.4 Å². The van der Waals surface area contributed by atoms with Gasteiger partial charge in [0, 0.05) is 49.0 Å². The number of furan rings is 1. The van der Waals surface area contributed by atoms with Crippen LogP contribution >= 0.6 is 0 Å². The van der Waals surface area contributed by atoms with Crippen molar-refractivity contribution in [2.24, 2.45) is 0 Å². The van der Waals surface area contributed by atoms with Crippen LogP contribution in [0.15, 0.2) is 70.1 Å². The zero-order valence-electron chi connectivity index (χ0n) is 22.3. The largest absolute Gasteiger partial charge is 0.497 e. The number of ether oxygens (including phenoxy) is 1. The average molecular weight is 526 g/mol. The van der Waals surface area contributed by atoms with Crippen molar-refractivity contribution in [3.8, 4) is 5.75 Å². The predicted octanol–water partition coefficient (Wildman–Crippen LogP) is 3.69. The fourth-order valence-corrected chi connectivity index (χ4v) is 5.31. The van der Waals surface area contributed by atoms with Gasteiger partial charge in [0.25, 0.3) is 5.56 Å². The Balaban J connectivity index is 1.38. The molecule has 6 rings (SSSR count). The molecule has 0 amide bonds. The predicted molar refractivity (Wildman–Crippen MR) is 148 cm³/mol.